The van der Waals surface area contributed by atoms with E-state index in [1.165, 1.54) is 22.0 Å². The van der Waals surface area contributed by atoms with Crippen molar-refractivity contribution in [1.82, 2.24) is 10.2 Å². The largest absolute Gasteiger partial charge is 0.319 e. The average molecular weight is 308 g/mol. The number of carbonyl (C=O) groups is 1. The summed E-state index contributed by atoms with van der Waals surface area (Å²) in [5.74, 6) is 2.60. The number of benzene rings is 1. The topological polar surface area (TPSA) is 32.3 Å². The predicted molar refractivity (Wildman–Crippen MR) is 86.2 cm³/mol. The van der Waals surface area contributed by atoms with Crippen LogP contribution in [0.4, 0.5) is 0 Å². The fourth-order valence-corrected chi connectivity index (χ4v) is 4.45. The van der Waals surface area contributed by atoms with E-state index in [1.807, 2.05) is 11.8 Å². The summed E-state index contributed by atoms with van der Waals surface area (Å²) in [6, 6.07) is 8.97. The minimum Gasteiger partial charge on any atom is -0.319 e. The van der Waals surface area contributed by atoms with Crippen LogP contribution >= 0.6 is 23.5 Å². The molecule has 2 aliphatic heterocycles. The summed E-state index contributed by atoms with van der Waals surface area (Å²) in [5.41, 5.74) is 1.20. The second-order valence-corrected chi connectivity index (χ2v) is 7.31. The van der Waals surface area contributed by atoms with E-state index in [2.05, 4.69) is 40.7 Å². The summed E-state index contributed by atoms with van der Waals surface area (Å²) >= 11 is 3.75. The van der Waals surface area contributed by atoms with Gasteiger partial charge in [-0.2, -0.15) is 11.8 Å². The van der Waals surface area contributed by atoms with E-state index in [0.717, 1.165) is 12.8 Å². The number of hydrogen-bond donors (Lipinski definition) is 1. The third-order valence-corrected chi connectivity index (χ3v) is 5.82. The summed E-state index contributed by atoms with van der Waals surface area (Å²) in [6.07, 6.45) is 4.39. The second kappa shape index (κ2) is 6.41. The highest BCUT2D eigenvalue weighted by Gasteiger charge is 2.37. The van der Waals surface area contributed by atoms with Gasteiger partial charge in [-0.15, -0.1) is 11.8 Å². The van der Waals surface area contributed by atoms with Gasteiger partial charge in [0.25, 0.3) is 0 Å². The van der Waals surface area contributed by atoms with Gasteiger partial charge in [0, 0.05) is 10.9 Å². The van der Waals surface area contributed by atoms with Crippen LogP contribution < -0.4 is 5.32 Å². The van der Waals surface area contributed by atoms with Gasteiger partial charge in [0.05, 0.1) is 6.54 Å². The van der Waals surface area contributed by atoms with Crippen molar-refractivity contribution in [2.75, 3.05) is 24.3 Å². The molecule has 0 radical (unpaired) electrons. The van der Waals surface area contributed by atoms with E-state index in [1.54, 1.807) is 11.8 Å². The molecule has 0 aliphatic carbocycles. The Bertz CT molecular complexity index is 471. The average Bonchev–Trinajstić information content (AvgIpc) is 2.90. The Hall–Kier alpha value is -0.650. The maximum atomic E-state index is 12.2. The monoisotopic (exact) mass is 308 g/mol. The summed E-state index contributed by atoms with van der Waals surface area (Å²) in [5, 5.41) is 3.37. The first kappa shape index (κ1) is 14.3. The van der Waals surface area contributed by atoms with Crippen LogP contribution in [0.3, 0.4) is 0 Å². The molecule has 0 bridgehead atoms. The number of rotatable bonds is 3. The quantitative estimate of drug-likeness (QED) is 0.870. The Morgan fingerprint density at radius 2 is 1.95 bits per heavy atom. The van der Waals surface area contributed by atoms with Crippen molar-refractivity contribution in [1.29, 1.82) is 0 Å². The zero-order valence-electron chi connectivity index (χ0n) is 11.7. The van der Waals surface area contributed by atoms with Gasteiger partial charge >= 0.3 is 0 Å². The van der Waals surface area contributed by atoms with E-state index in [-0.39, 0.29) is 12.1 Å². The van der Waals surface area contributed by atoms with E-state index in [9.17, 15) is 4.79 Å². The highest BCUT2D eigenvalue weighted by Crippen LogP contribution is 2.31. The van der Waals surface area contributed by atoms with Crippen molar-refractivity contribution < 1.29 is 4.79 Å². The molecular formula is C15H20N2OS2. The van der Waals surface area contributed by atoms with Crippen LogP contribution in [0, 0.1) is 0 Å². The second-order valence-electron chi connectivity index (χ2n) is 5.20. The SMILES string of the molecule is CSc1ccc(C2NCC(=O)N2C2CCSCC2)cc1. The van der Waals surface area contributed by atoms with Crippen molar-refractivity contribution >= 4 is 29.4 Å². The Balaban J connectivity index is 1.80. The lowest BCUT2D eigenvalue weighted by molar-refractivity contribution is -0.130. The normalized spacial score (nSPS) is 24.4. The van der Waals surface area contributed by atoms with Crippen molar-refractivity contribution in [3.05, 3.63) is 29.8 Å². The zero-order valence-corrected chi connectivity index (χ0v) is 13.3. The molecule has 1 amide bonds. The van der Waals surface area contributed by atoms with Gasteiger partial charge < -0.3 is 4.90 Å². The summed E-state index contributed by atoms with van der Waals surface area (Å²) in [4.78, 5) is 15.6. The van der Waals surface area contributed by atoms with Crippen LogP contribution in [0.1, 0.15) is 24.6 Å². The summed E-state index contributed by atoms with van der Waals surface area (Å²) in [7, 11) is 0. The summed E-state index contributed by atoms with van der Waals surface area (Å²) in [6.45, 7) is 0.471. The lowest BCUT2D eigenvalue weighted by atomic mass is 10.1. The van der Waals surface area contributed by atoms with Gasteiger partial charge in [-0.3, -0.25) is 10.1 Å². The van der Waals surface area contributed by atoms with Gasteiger partial charge in [0.2, 0.25) is 5.91 Å². The molecule has 1 unspecified atom stereocenters. The first-order valence-electron chi connectivity index (χ1n) is 7.06. The van der Waals surface area contributed by atoms with Crippen LogP contribution in [-0.2, 0) is 4.79 Å². The smallest absolute Gasteiger partial charge is 0.238 e. The minimum absolute atomic E-state index is 0.0616. The molecule has 0 spiro atoms. The van der Waals surface area contributed by atoms with Crippen LogP contribution in [0.5, 0.6) is 0 Å². The molecule has 3 rings (SSSR count). The van der Waals surface area contributed by atoms with Crippen molar-refractivity contribution in [3.8, 4) is 0 Å². The third-order valence-electron chi connectivity index (χ3n) is 4.03. The maximum Gasteiger partial charge on any atom is 0.238 e. The summed E-state index contributed by atoms with van der Waals surface area (Å²) < 4.78 is 0. The van der Waals surface area contributed by atoms with Gasteiger partial charge in [-0.25, -0.2) is 0 Å². The highest BCUT2D eigenvalue weighted by atomic mass is 32.2. The Kier molecular flexibility index (Phi) is 4.58. The molecule has 2 aliphatic rings. The van der Waals surface area contributed by atoms with Crippen molar-refractivity contribution in [2.45, 2.75) is 29.9 Å². The predicted octanol–water partition coefficient (Wildman–Crippen LogP) is 2.73. The Morgan fingerprint density at radius 3 is 2.60 bits per heavy atom. The number of carbonyl (C=O) groups excluding carboxylic acids is 1. The fraction of sp³-hybridized carbons (Fsp3) is 0.533. The highest BCUT2D eigenvalue weighted by molar-refractivity contribution is 7.99. The molecule has 1 atom stereocenters. The molecule has 0 aromatic heterocycles. The van der Waals surface area contributed by atoms with E-state index < -0.39 is 0 Å². The molecular weight excluding hydrogens is 288 g/mol. The number of nitrogens with zero attached hydrogens (tertiary/aromatic N) is 1. The number of thioether (sulfide) groups is 2. The van der Waals surface area contributed by atoms with E-state index in [4.69, 9.17) is 0 Å². The van der Waals surface area contributed by atoms with Gasteiger partial charge in [-0.1, -0.05) is 12.1 Å². The van der Waals surface area contributed by atoms with E-state index in [0.29, 0.717) is 12.6 Å². The van der Waals surface area contributed by atoms with Crippen molar-refractivity contribution in [2.24, 2.45) is 0 Å². The fourth-order valence-electron chi connectivity index (χ4n) is 2.96. The van der Waals surface area contributed by atoms with Crippen LogP contribution in [0.15, 0.2) is 29.2 Å². The first-order chi connectivity index (χ1) is 9.79. The zero-order chi connectivity index (χ0) is 13.9. The van der Waals surface area contributed by atoms with Crippen LogP contribution in [0.2, 0.25) is 0 Å². The number of hydrogen-bond acceptors (Lipinski definition) is 4. The molecule has 1 aromatic carbocycles. The number of amides is 1. The molecule has 0 saturated carbocycles. The minimum atomic E-state index is 0.0616. The molecule has 1 aromatic rings. The maximum absolute atomic E-state index is 12.2. The number of nitrogens with one attached hydrogen (secondary N) is 1. The molecule has 5 heteroatoms. The molecule has 2 heterocycles. The van der Waals surface area contributed by atoms with Gasteiger partial charge in [0.1, 0.15) is 6.17 Å². The van der Waals surface area contributed by atoms with Gasteiger partial charge in [-0.05, 0) is 48.3 Å². The molecule has 3 nitrogen and oxygen atoms in total. The molecule has 20 heavy (non-hydrogen) atoms. The van der Waals surface area contributed by atoms with Crippen LogP contribution in [-0.4, -0.2) is 41.2 Å². The first-order valence-corrected chi connectivity index (χ1v) is 9.44. The Labute approximate surface area is 128 Å². The lowest BCUT2D eigenvalue weighted by Crippen LogP contribution is -2.41. The lowest BCUT2D eigenvalue weighted by Gasteiger charge is -2.35. The van der Waals surface area contributed by atoms with Crippen LogP contribution in [0.25, 0.3) is 0 Å². The van der Waals surface area contributed by atoms with Crippen molar-refractivity contribution in [3.63, 3.8) is 0 Å². The molecule has 108 valence electrons. The molecule has 1 N–H and O–H groups in total. The van der Waals surface area contributed by atoms with Gasteiger partial charge in [0.15, 0.2) is 0 Å². The Morgan fingerprint density at radius 1 is 1.25 bits per heavy atom. The molecule has 2 saturated heterocycles. The molecule has 2 fully saturated rings. The third kappa shape index (κ3) is 2.85. The standard InChI is InChI=1S/C15H20N2OS2/c1-19-13-4-2-11(3-5-13)15-16-10-14(18)17(15)12-6-8-20-9-7-12/h2-5,12,15-16H,6-10H2,1H3. The van der Waals surface area contributed by atoms with E-state index >= 15 is 0 Å².